The average Bonchev–Trinajstić information content (AvgIpc) is 3.52. The Bertz CT molecular complexity index is 1300. The molecule has 7 heteroatoms. The topological polar surface area (TPSA) is 75.6 Å². The second kappa shape index (κ2) is 7.40. The van der Waals surface area contributed by atoms with Crippen molar-refractivity contribution in [3.8, 4) is 16.9 Å². The highest BCUT2D eigenvalue weighted by atomic mass is 19.3. The molecule has 3 aromatic carbocycles. The van der Waals surface area contributed by atoms with Crippen molar-refractivity contribution in [3.05, 3.63) is 82.9 Å². The van der Waals surface area contributed by atoms with Crippen molar-refractivity contribution < 1.29 is 28.2 Å². The van der Waals surface area contributed by atoms with Gasteiger partial charge >= 0.3 is 12.1 Å². The van der Waals surface area contributed by atoms with Crippen molar-refractivity contribution in [3.63, 3.8) is 0 Å². The van der Waals surface area contributed by atoms with E-state index >= 15 is 0 Å². The van der Waals surface area contributed by atoms with Gasteiger partial charge in [-0.3, -0.25) is 4.79 Å². The highest BCUT2D eigenvalue weighted by molar-refractivity contribution is 6.02. The van der Waals surface area contributed by atoms with Crippen LogP contribution in [0.5, 0.6) is 5.75 Å². The van der Waals surface area contributed by atoms with Gasteiger partial charge in [0.25, 0.3) is 0 Å². The minimum atomic E-state index is -3.21. The van der Waals surface area contributed by atoms with Crippen molar-refractivity contribution in [1.29, 1.82) is 0 Å². The number of carboxylic acid groups (broad SMARTS) is 1. The Kier molecular flexibility index (Phi) is 4.74. The summed E-state index contributed by atoms with van der Waals surface area (Å²) in [5, 5.41) is 12.2. The lowest BCUT2D eigenvalue weighted by Crippen LogP contribution is -2.27. The maximum atomic E-state index is 13.6. The normalized spacial score (nSPS) is 17.1. The molecule has 0 saturated heterocycles. The second-order valence-corrected chi connectivity index (χ2v) is 8.69. The zero-order valence-corrected chi connectivity index (χ0v) is 17.8. The average molecular weight is 449 g/mol. The van der Waals surface area contributed by atoms with Gasteiger partial charge < -0.3 is 15.2 Å². The molecular formula is C26H21F2NO4. The number of carbonyl (C=O) groups is 2. The van der Waals surface area contributed by atoms with Gasteiger partial charge in [0.05, 0.1) is 17.4 Å². The third-order valence-electron chi connectivity index (χ3n) is 6.38. The number of nitrogens with one attached hydrogen (secondary N) is 1. The lowest BCUT2D eigenvalue weighted by Gasteiger charge is -2.18. The number of aryl methyl sites for hydroxylation is 1. The molecule has 1 amide bonds. The van der Waals surface area contributed by atoms with Crippen LogP contribution in [0.4, 0.5) is 14.5 Å². The molecule has 33 heavy (non-hydrogen) atoms. The fourth-order valence-corrected chi connectivity index (χ4v) is 4.37. The summed E-state index contributed by atoms with van der Waals surface area (Å²) in [6.07, 6.45) is -2.44. The number of amides is 1. The van der Waals surface area contributed by atoms with Gasteiger partial charge in [-0.25, -0.2) is 4.79 Å². The number of ether oxygens (including phenoxy) is 1. The number of hydrogen-bond acceptors (Lipinski definition) is 3. The summed E-state index contributed by atoms with van der Waals surface area (Å²) in [7, 11) is 0. The molecule has 2 aliphatic rings. The highest BCUT2D eigenvalue weighted by Crippen LogP contribution is 2.51. The van der Waals surface area contributed by atoms with Crippen LogP contribution in [0.15, 0.2) is 60.7 Å². The molecule has 0 unspecified atom stereocenters. The Hall–Kier alpha value is -3.74. The largest absolute Gasteiger partial charge is 0.478 e. The summed E-state index contributed by atoms with van der Waals surface area (Å²) in [5.74, 6) is -1.08. The standard InChI is InChI=1S/C26H21F2NO4/c1-15-5-8-20(13-21(15)16-3-2-4-17(11-16)23(30)31)29-24(32)25(9-10-25)19-7-6-18-14-26(27,28)33-22(18)12-19/h2-8,11-13H,9-10,14H2,1H3,(H,29,32)(H,30,31). The Morgan fingerprint density at radius 3 is 2.55 bits per heavy atom. The van der Waals surface area contributed by atoms with Crippen molar-refractivity contribution in [1.82, 2.24) is 0 Å². The maximum Gasteiger partial charge on any atom is 0.402 e. The van der Waals surface area contributed by atoms with Crippen molar-refractivity contribution in [2.45, 2.75) is 37.7 Å². The smallest absolute Gasteiger partial charge is 0.402 e. The predicted molar refractivity (Wildman–Crippen MR) is 119 cm³/mol. The summed E-state index contributed by atoms with van der Waals surface area (Å²) in [5.41, 5.74) is 3.58. The third kappa shape index (κ3) is 3.84. The molecule has 0 radical (unpaired) electrons. The van der Waals surface area contributed by atoms with E-state index in [2.05, 4.69) is 5.32 Å². The number of carbonyl (C=O) groups excluding carboxylic acids is 1. The molecule has 0 aromatic heterocycles. The van der Waals surface area contributed by atoms with Crippen molar-refractivity contribution >= 4 is 17.6 Å². The van der Waals surface area contributed by atoms with E-state index in [-0.39, 0.29) is 17.2 Å². The lowest BCUT2D eigenvalue weighted by molar-refractivity contribution is -0.159. The Morgan fingerprint density at radius 2 is 1.82 bits per heavy atom. The first-order valence-electron chi connectivity index (χ1n) is 10.6. The van der Waals surface area contributed by atoms with Crippen LogP contribution in [-0.4, -0.2) is 23.1 Å². The van der Waals surface area contributed by atoms with Crippen LogP contribution < -0.4 is 10.1 Å². The van der Waals surface area contributed by atoms with E-state index < -0.39 is 23.9 Å². The fraction of sp³-hybridized carbons (Fsp3) is 0.231. The van der Waals surface area contributed by atoms with Crippen LogP contribution in [0, 0.1) is 6.92 Å². The summed E-state index contributed by atoms with van der Waals surface area (Å²) in [4.78, 5) is 24.6. The third-order valence-corrected chi connectivity index (χ3v) is 6.38. The molecule has 1 heterocycles. The number of aromatic carboxylic acids is 1. The molecule has 5 rings (SSSR count). The number of alkyl halides is 2. The SMILES string of the molecule is Cc1ccc(NC(=O)C2(c3ccc4c(c3)OC(F)(F)C4)CC2)cc1-c1cccc(C(=O)O)c1. The minimum absolute atomic E-state index is 0.132. The molecule has 168 valence electrons. The van der Waals surface area contributed by atoms with Crippen molar-refractivity contribution in [2.24, 2.45) is 0 Å². The van der Waals surface area contributed by atoms with Gasteiger partial charge in [-0.05, 0) is 72.4 Å². The quantitative estimate of drug-likeness (QED) is 0.535. The second-order valence-electron chi connectivity index (χ2n) is 8.69. The maximum absolute atomic E-state index is 13.6. The van der Waals surface area contributed by atoms with Crippen LogP contribution in [0.2, 0.25) is 0 Å². The molecule has 0 bridgehead atoms. The van der Waals surface area contributed by atoms with E-state index in [0.29, 0.717) is 29.7 Å². The van der Waals surface area contributed by atoms with E-state index in [1.165, 1.54) is 6.07 Å². The Morgan fingerprint density at radius 1 is 1.03 bits per heavy atom. The minimum Gasteiger partial charge on any atom is -0.478 e. The van der Waals surface area contributed by atoms with Gasteiger partial charge in [0.15, 0.2) is 0 Å². The highest BCUT2D eigenvalue weighted by Gasteiger charge is 2.52. The van der Waals surface area contributed by atoms with Gasteiger partial charge in [0.1, 0.15) is 5.75 Å². The van der Waals surface area contributed by atoms with E-state index in [0.717, 1.165) is 16.7 Å². The van der Waals surface area contributed by atoms with E-state index in [1.54, 1.807) is 36.4 Å². The fourth-order valence-electron chi connectivity index (χ4n) is 4.37. The molecule has 0 atom stereocenters. The number of carboxylic acids is 1. The molecule has 5 nitrogen and oxygen atoms in total. The molecule has 0 spiro atoms. The van der Waals surface area contributed by atoms with Gasteiger partial charge in [0, 0.05) is 11.3 Å². The zero-order valence-electron chi connectivity index (χ0n) is 17.8. The first kappa shape index (κ1) is 21.1. The van der Waals surface area contributed by atoms with E-state index in [9.17, 15) is 23.5 Å². The van der Waals surface area contributed by atoms with Crippen LogP contribution in [0.3, 0.4) is 0 Å². The first-order chi connectivity index (χ1) is 15.7. The van der Waals surface area contributed by atoms with Gasteiger partial charge in [-0.2, -0.15) is 8.78 Å². The first-order valence-corrected chi connectivity index (χ1v) is 10.6. The van der Waals surface area contributed by atoms with Gasteiger partial charge in [-0.1, -0.05) is 30.3 Å². The number of fused-ring (bicyclic) bond motifs is 1. The number of halogens is 2. The number of anilines is 1. The molecular weight excluding hydrogens is 428 g/mol. The number of benzene rings is 3. The van der Waals surface area contributed by atoms with Gasteiger partial charge in [0.2, 0.25) is 5.91 Å². The van der Waals surface area contributed by atoms with Crippen LogP contribution >= 0.6 is 0 Å². The Labute approximate surface area is 189 Å². The molecule has 2 N–H and O–H groups in total. The monoisotopic (exact) mass is 449 g/mol. The van der Waals surface area contributed by atoms with E-state index in [4.69, 9.17) is 4.74 Å². The predicted octanol–water partition coefficient (Wildman–Crippen LogP) is 5.56. The molecule has 1 aliphatic carbocycles. The summed E-state index contributed by atoms with van der Waals surface area (Å²) in [6.45, 7) is 1.91. The summed E-state index contributed by atoms with van der Waals surface area (Å²) in [6, 6.07) is 17.0. The van der Waals surface area contributed by atoms with Crippen molar-refractivity contribution in [2.75, 3.05) is 5.32 Å². The summed E-state index contributed by atoms with van der Waals surface area (Å²) < 4.78 is 31.9. The molecule has 1 aliphatic heterocycles. The van der Waals surface area contributed by atoms with E-state index in [1.807, 2.05) is 25.1 Å². The number of rotatable bonds is 5. The van der Waals surface area contributed by atoms with Crippen LogP contribution in [-0.2, 0) is 16.6 Å². The summed E-state index contributed by atoms with van der Waals surface area (Å²) >= 11 is 0. The molecule has 3 aromatic rings. The van der Waals surface area contributed by atoms with Crippen LogP contribution in [0.1, 0.15) is 39.9 Å². The zero-order chi connectivity index (χ0) is 23.4. The molecule has 1 saturated carbocycles. The lowest BCUT2D eigenvalue weighted by atomic mass is 9.93. The van der Waals surface area contributed by atoms with Crippen LogP contribution in [0.25, 0.3) is 11.1 Å². The molecule has 1 fully saturated rings. The number of hydrogen-bond donors (Lipinski definition) is 2. The Balaban J connectivity index is 1.40. The van der Waals surface area contributed by atoms with Gasteiger partial charge in [-0.15, -0.1) is 0 Å².